The molecule has 0 radical (unpaired) electrons. The molecule has 0 aliphatic carbocycles. The Morgan fingerprint density at radius 1 is 1.14 bits per heavy atom. The second kappa shape index (κ2) is 9.45. The standard InChI is InChI=1S/C20H18BrF2NO4/c1-3-17(24-10-11-4-6-12(28-2)7-5-11)18(20(26)27)19(25)13-8-14(21)16(23)9-15(13)22/h4-9,25H,3,10H2,1-2H3,(H,26,27). The molecule has 2 aromatic carbocycles. The van der Waals surface area contributed by atoms with Gasteiger partial charge >= 0.3 is 5.97 Å². The minimum atomic E-state index is -1.47. The maximum atomic E-state index is 14.1. The molecule has 0 atom stereocenters. The summed E-state index contributed by atoms with van der Waals surface area (Å²) in [6, 6.07) is 8.59. The first-order valence-electron chi connectivity index (χ1n) is 8.26. The second-order valence-electron chi connectivity index (χ2n) is 5.74. The molecule has 2 rings (SSSR count). The highest BCUT2D eigenvalue weighted by Gasteiger charge is 2.23. The van der Waals surface area contributed by atoms with Gasteiger partial charge in [0.25, 0.3) is 0 Å². The van der Waals surface area contributed by atoms with Crippen LogP contribution in [0.3, 0.4) is 0 Å². The first kappa shape index (κ1) is 21.6. The molecule has 0 saturated heterocycles. The third-order valence-corrected chi connectivity index (χ3v) is 4.56. The van der Waals surface area contributed by atoms with Gasteiger partial charge in [-0.1, -0.05) is 19.1 Å². The number of carboxylic acid groups (broad SMARTS) is 1. The zero-order chi connectivity index (χ0) is 20.8. The highest BCUT2D eigenvalue weighted by atomic mass is 79.9. The minimum Gasteiger partial charge on any atom is -0.506 e. The average Bonchev–Trinajstić information content (AvgIpc) is 2.67. The predicted molar refractivity (Wildman–Crippen MR) is 106 cm³/mol. The first-order chi connectivity index (χ1) is 13.3. The summed E-state index contributed by atoms with van der Waals surface area (Å²) in [5, 5.41) is 20.0. The lowest BCUT2D eigenvalue weighted by Gasteiger charge is -2.11. The summed E-state index contributed by atoms with van der Waals surface area (Å²) in [6.07, 6.45) is 0.186. The number of hydrogen-bond donors (Lipinski definition) is 2. The van der Waals surface area contributed by atoms with E-state index in [1.165, 1.54) is 0 Å². The fourth-order valence-corrected chi connectivity index (χ4v) is 2.83. The Balaban J connectivity index is 2.47. The van der Waals surface area contributed by atoms with Crippen LogP contribution in [0.25, 0.3) is 5.76 Å². The molecule has 0 amide bonds. The van der Waals surface area contributed by atoms with E-state index in [1.54, 1.807) is 38.3 Å². The number of nitrogens with zero attached hydrogens (tertiary/aromatic N) is 1. The molecule has 2 aromatic rings. The summed E-state index contributed by atoms with van der Waals surface area (Å²) < 4.78 is 32.5. The lowest BCUT2D eigenvalue weighted by atomic mass is 10.0. The molecule has 5 nitrogen and oxygen atoms in total. The van der Waals surface area contributed by atoms with E-state index in [0.29, 0.717) is 11.8 Å². The summed E-state index contributed by atoms with van der Waals surface area (Å²) in [5.74, 6) is -3.56. The van der Waals surface area contributed by atoms with Crippen molar-refractivity contribution >= 4 is 33.4 Å². The number of carbonyl (C=O) groups is 1. The van der Waals surface area contributed by atoms with Gasteiger partial charge in [0.05, 0.1) is 29.4 Å². The molecule has 0 fully saturated rings. The predicted octanol–water partition coefficient (Wildman–Crippen LogP) is 5.14. The number of methoxy groups -OCH3 is 1. The third kappa shape index (κ3) is 4.95. The topological polar surface area (TPSA) is 79.1 Å². The van der Waals surface area contributed by atoms with Crippen LogP contribution in [0, 0.1) is 11.6 Å². The number of hydrogen-bond acceptors (Lipinski definition) is 4. The summed E-state index contributed by atoms with van der Waals surface area (Å²) in [7, 11) is 1.54. The number of halogens is 3. The number of carboxylic acids is 1. The maximum absolute atomic E-state index is 14.1. The molecule has 8 heteroatoms. The molecule has 0 heterocycles. The van der Waals surface area contributed by atoms with Gasteiger partial charge in [-0.3, -0.25) is 4.99 Å². The van der Waals surface area contributed by atoms with Gasteiger partial charge in [-0.2, -0.15) is 0 Å². The van der Waals surface area contributed by atoms with Gasteiger partial charge in [0.2, 0.25) is 0 Å². The molecular weight excluding hydrogens is 436 g/mol. The zero-order valence-corrected chi connectivity index (χ0v) is 16.8. The Labute approximate surface area is 169 Å². The van der Waals surface area contributed by atoms with E-state index in [0.717, 1.165) is 11.6 Å². The summed E-state index contributed by atoms with van der Waals surface area (Å²) in [4.78, 5) is 16.0. The van der Waals surface area contributed by atoms with E-state index in [2.05, 4.69) is 20.9 Å². The normalized spacial score (nSPS) is 12.5. The van der Waals surface area contributed by atoms with Crippen molar-refractivity contribution in [3.63, 3.8) is 0 Å². The lowest BCUT2D eigenvalue weighted by Crippen LogP contribution is -2.15. The largest absolute Gasteiger partial charge is 0.506 e. The molecule has 0 saturated carbocycles. The van der Waals surface area contributed by atoms with E-state index in [-0.39, 0.29) is 23.1 Å². The molecule has 148 valence electrons. The molecule has 0 aliphatic rings. The number of benzene rings is 2. The van der Waals surface area contributed by atoms with Crippen LogP contribution in [0.15, 0.2) is 51.4 Å². The second-order valence-corrected chi connectivity index (χ2v) is 6.59. The van der Waals surface area contributed by atoms with Crippen LogP contribution >= 0.6 is 15.9 Å². The van der Waals surface area contributed by atoms with Crippen molar-refractivity contribution in [1.82, 2.24) is 0 Å². The minimum absolute atomic E-state index is 0.0839. The van der Waals surface area contributed by atoms with Crippen molar-refractivity contribution in [3.05, 3.63) is 69.2 Å². The van der Waals surface area contributed by atoms with Crippen LogP contribution in [-0.2, 0) is 11.3 Å². The van der Waals surface area contributed by atoms with Crippen LogP contribution in [0.1, 0.15) is 24.5 Å². The van der Waals surface area contributed by atoms with Crippen molar-refractivity contribution in [3.8, 4) is 5.75 Å². The third-order valence-electron chi connectivity index (χ3n) is 3.95. The number of rotatable bonds is 7. The average molecular weight is 454 g/mol. The molecule has 0 spiro atoms. The van der Waals surface area contributed by atoms with Crippen LogP contribution in [0.4, 0.5) is 8.78 Å². The van der Waals surface area contributed by atoms with Gasteiger partial charge in [-0.25, -0.2) is 13.6 Å². The molecule has 2 N–H and O–H groups in total. The van der Waals surface area contributed by atoms with Crippen LogP contribution in [0.5, 0.6) is 5.75 Å². The number of aliphatic hydroxyl groups excluding tert-OH is 1. The summed E-state index contributed by atoms with van der Waals surface area (Å²) >= 11 is 2.90. The Morgan fingerprint density at radius 3 is 2.32 bits per heavy atom. The quantitative estimate of drug-likeness (QED) is 0.263. The molecule has 28 heavy (non-hydrogen) atoms. The zero-order valence-electron chi connectivity index (χ0n) is 15.2. The van der Waals surface area contributed by atoms with E-state index >= 15 is 0 Å². The Morgan fingerprint density at radius 2 is 1.79 bits per heavy atom. The van der Waals surface area contributed by atoms with Gasteiger partial charge < -0.3 is 14.9 Å². The van der Waals surface area contributed by atoms with Gasteiger partial charge in [0.15, 0.2) is 0 Å². The fourth-order valence-electron chi connectivity index (χ4n) is 2.49. The highest BCUT2D eigenvalue weighted by molar-refractivity contribution is 9.10. The number of ether oxygens (including phenoxy) is 1. The van der Waals surface area contributed by atoms with Gasteiger partial charge in [0, 0.05) is 6.07 Å². The van der Waals surface area contributed by atoms with E-state index < -0.39 is 34.5 Å². The SMILES string of the molecule is CCC(=NCc1ccc(OC)cc1)C(C(=O)O)=C(O)c1cc(Br)c(F)cc1F. The monoisotopic (exact) mass is 453 g/mol. The van der Waals surface area contributed by atoms with Crippen LogP contribution < -0.4 is 4.74 Å². The van der Waals surface area contributed by atoms with Gasteiger partial charge in [-0.05, 0) is 46.1 Å². The van der Waals surface area contributed by atoms with Crippen LogP contribution in [-0.4, -0.2) is 29.0 Å². The van der Waals surface area contributed by atoms with Gasteiger partial charge in [0.1, 0.15) is 28.7 Å². The van der Waals surface area contributed by atoms with E-state index in [4.69, 9.17) is 4.74 Å². The van der Waals surface area contributed by atoms with Crippen molar-refractivity contribution in [1.29, 1.82) is 0 Å². The van der Waals surface area contributed by atoms with Gasteiger partial charge in [-0.15, -0.1) is 0 Å². The van der Waals surface area contributed by atoms with Crippen molar-refractivity contribution in [2.75, 3.05) is 7.11 Å². The molecule has 0 aromatic heterocycles. The van der Waals surface area contributed by atoms with Crippen molar-refractivity contribution in [2.24, 2.45) is 4.99 Å². The Kier molecular flexibility index (Phi) is 7.28. The number of aliphatic imine (C=N–C) groups is 1. The molecular formula is C20H18BrF2NO4. The lowest BCUT2D eigenvalue weighted by molar-refractivity contribution is -0.132. The smallest absolute Gasteiger partial charge is 0.341 e. The Bertz CT molecular complexity index is 940. The maximum Gasteiger partial charge on any atom is 0.341 e. The van der Waals surface area contributed by atoms with E-state index in [1.807, 2.05) is 0 Å². The summed E-state index contributed by atoms with van der Waals surface area (Å²) in [5.41, 5.74) is -0.0861. The molecule has 0 aliphatic heterocycles. The van der Waals surface area contributed by atoms with Crippen molar-refractivity contribution in [2.45, 2.75) is 19.9 Å². The van der Waals surface area contributed by atoms with Crippen LogP contribution in [0.2, 0.25) is 0 Å². The van der Waals surface area contributed by atoms with Crippen molar-refractivity contribution < 1.29 is 28.5 Å². The molecule has 0 unspecified atom stereocenters. The first-order valence-corrected chi connectivity index (χ1v) is 9.05. The Hall–Kier alpha value is -2.74. The van der Waals surface area contributed by atoms with E-state index in [9.17, 15) is 23.8 Å². The number of aliphatic carboxylic acids is 1. The summed E-state index contributed by atoms with van der Waals surface area (Å²) in [6.45, 7) is 1.83. The molecule has 0 bridgehead atoms. The fraction of sp³-hybridized carbons (Fsp3) is 0.200. The highest BCUT2D eigenvalue weighted by Crippen LogP contribution is 2.27. The number of aliphatic hydroxyl groups is 1.